The van der Waals surface area contributed by atoms with Crippen molar-refractivity contribution in [3.63, 3.8) is 0 Å². The Labute approximate surface area is 55.7 Å². The summed E-state index contributed by atoms with van der Waals surface area (Å²) < 4.78 is 0. The van der Waals surface area contributed by atoms with Crippen molar-refractivity contribution >= 4 is 0 Å². The molecule has 3 heteroatoms. The van der Waals surface area contributed by atoms with E-state index in [4.69, 9.17) is 5.11 Å². The summed E-state index contributed by atoms with van der Waals surface area (Å²) >= 11 is 0. The molecule has 1 rings (SSSR count). The molecule has 1 aliphatic heterocycles. The van der Waals surface area contributed by atoms with E-state index in [9.17, 15) is 0 Å². The molecular formula is C6H14N2O. The number of hydrogen-bond donors (Lipinski definition) is 2. The van der Waals surface area contributed by atoms with E-state index in [-0.39, 0.29) is 6.10 Å². The third kappa shape index (κ3) is 1.93. The third-order valence-electron chi connectivity index (χ3n) is 1.63. The quantitative estimate of drug-likeness (QED) is 0.515. The van der Waals surface area contributed by atoms with Gasteiger partial charge < -0.3 is 10.4 Å². The minimum absolute atomic E-state index is 0.0849. The van der Waals surface area contributed by atoms with Crippen molar-refractivity contribution in [3.05, 3.63) is 0 Å². The molecule has 0 bridgehead atoms. The molecule has 0 spiro atoms. The lowest BCUT2D eigenvalue weighted by molar-refractivity contribution is 0.174. The summed E-state index contributed by atoms with van der Waals surface area (Å²) in [5.41, 5.74) is 0. The fraction of sp³-hybridized carbons (Fsp3) is 1.00. The van der Waals surface area contributed by atoms with Gasteiger partial charge in [0.15, 0.2) is 0 Å². The second-order valence-electron chi connectivity index (χ2n) is 2.53. The molecule has 1 heterocycles. The van der Waals surface area contributed by atoms with E-state index in [1.807, 2.05) is 7.05 Å². The summed E-state index contributed by atoms with van der Waals surface area (Å²) in [7, 11) is 1.92. The predicted molar refractivity (Wildman–Crippen MR) is 36.1 cm³/mol. The van der Waals surface area contributed by atoms with Crippen molar-refractivity contribution in [2.24, 2.45) is 0 Å². The number of likely N-dealkylation sites (tertiary alicyclic amines) is 1. The molecule has 0 saturated carbocycles. The molecule has 0 aliphatic carbocycles. The number of aliphatic hydroxyl groups excluding tert-OH is 1. The Kier molecular flexibility index (Phi) is 2.45. The van der Waals surface area contributed by atoms with E-state index in [2.05, 4.69) is 10.2 Å². The summed E-state index contributed by atoms with van der Waals surface area (Å²) in [6.07, 6.45) is 0.847. The topological polar surface area (TPSA) is 35.5 Å². The normalized spacial score (nSPS) is 29.3. The maximum absolute atomic E-state index is 9.06. The zero-order valence-electron chi connectivity index (χ0n) is 5.80. The highest BCUT2D eigenvalue weighted by atomic mass is 16.3. The molecule has 9 heavy (non-hydrogen) atoms. The Balaban J connectivity index is 2.14. The molecule has 0 aromatic heterocycles. The summed E-state index contributed by atoms with van der Waals surface area (Å²) in [5, 5.41) is 12.1. The summed E-state index contributed by atoms with van der Waals surface area (Å²) in [4.78, 5) is 2.20. The molecular weight excluding hydrogens is 116 g/mol. The maximum Gasteiger partial charge on any atom is 0.0679 e. The first kappa shape index (κ1) is 6.99. The van der Waals surface area contributed by atoms with Gasteiger partial charge in [-0.2, -0.15) is 0 Å². The Bertz CT molecular complexity index is 85.1. The largest absolute Gasteiger partial charge is 0.392 e. The Morgan fingerprint density at radius 2 is 2.56 bits per heavy atom. The first-order chi connectivity index (χ1) is 4.33. The highest BCUT2D eigenvalue weighted by Crippen LogP contribution is 2.05. The van der Waals surface area contributed by atoms with E-state index in [1.54, 1.807) is 0 Å². The van der Waals surface area contributed by atoms with Gasteiger partial charge in [0, 0.05) is 19.8 Å². The molecule has 1 aliphatic rings. The van der Waals surface area contributed by atoms with Gasteiger partial charge in [-0.1, -0.05) is 0 Å². The monoisotopic (exact) mass is 130 g/mol. The van der Waals surface area contributed by atoms with Crippen LogP contribution in [-0.2, 0) is 0 Å². The standard InChI is InChI=1S/C6H14N2O/c1-7-5-8-3-2-6(9)4-8/h6-7,9H,2-5H2,1H3. The zero-order valence-corrected chi connectivity index (χ0v) is 5.80. The second-order valence-corrected chi connectivity index (χ2v) is 2.53. The molecule has 0 amide bonds. The van der Waals surface area contributed by atoms with Crippen LogP contribution < -0.4 is 5.32 Å². The lowest BCUT2D eigenvalue weighted by atomic mass is 10.3. The Morgan fingerprint density at radius 1 is 1.78 bits per heavy atom. The zero-order chi connectivity index (χ0) is 6.69. The SMILES string of the molecule is CNCN1CCC(O)C1. The minimum atomic E-state index is -0.0849. The number of hydrogen-bond acceptors (Lipinski definition) is 3. The van der Waals surface area contributed by atoms with E-state index in [1.165, 1.54) is 0 Å². The first-order valence-electron chi connectivity index (χ1n) is 3.38. The summed E-state index contributed by atoms with van der Waals surface area (Å²) in [6.45, 7) is 2.76. The van der Waals surface area contributed by atoms with E-state index >= 15 is 0 Å². The molecule has 0 aromatic rings. The highest BCUT2D eigenvalue weighted by molar-refractivity contribution is 4.72. The van der Waals surface area contributed by atoms with Crippen LogP contribution in [0.2, 0.25) is 0 Å². The first-order valence-corrected chi connectivity index (χ1v) is 3.38. The fourth-order valence-corrected chi connectivity index (χ4v) is 1.18. The van der Waals surface area contributed by atoms with Crippen LogP contribution in [0.5, 0.6) is 0 Å². The molecule has 0 radical (unpaired) electrons. The fourth-order valence-electron chi connectivity index (χ4n) is 1.18. The van der Waals surface area contributed by atoms with E-state index in [0.717, 1.165) is 26.2 Å². The number of aliphatic hydroxyl groups is 1. The average Bonchev–Trinajstić information content (AvgIpc) is 2.17. The van der Waals surface area contributed by atoms with Gasteiger partial charge in [-0.05, 0) is 13.5 Å². The number of nitrogens with one attached hydrogen (secondary N) is 1. The van der Waals surface area contributed by atoms with Crippen molar-refractivity contribution in [3.8, 4) is 0 Å². The Hall–Kier alpha value is -0.120. The molecule has 54 valence electrons. The molecule has 0 aromatic carbocycles. The summed E-state index contributed by atoms with van der Waals surface area (Å²) in [6, 6.07) is 0. The van der Waals surface area contributed by atoms with Crippen molar-refractivity contribution < 1.29 is 5.11 Å². The number of nitrogens with zero attached hydrogens (tertiary/aromatic N) is 1. The van der Waals surface area contributed by atoms with Crippen molar-refractivity contribution in [2.75, 3.05) is 26.8 Å². The van der Waals surface area contributed by atoms with Gasteiger partial charge in [-0.15, -0.1) is 0 Å². The molecule has 1 fully saturated rings. The van der Waals surface area contributed by atoms with Crippen LogP contribution in [0.1, 0.15) is 6.42 Å². The van der Waals surface area contributed by atoms with Gasteiger partial charge in [0.25, 0.3) is 0 Å². The molecule has 2 N–H and O–H groups in total. The van der Waals surface area contributed by atoms with Crippen LogP contribution in [-0.4, -0.2) is 42.9 Å². The second kappa shape index (κ2) is 3.15. The van der Waals surface area contributed by atoms with Gasteiger partial charge in [-0.25, -0.2) is 0 Å². The van der Waals surface area contributed by atoms with Gasteiger partial charge in [0.2, 0.25) is 0 Å². The summed E-state index contributed by atoms with van der Waals surface area (Å²) in [5.74, 6) is 0. The van der Waals surface area contributed by atoms with E-state index < -0.39 is 0 Å². The van der Waals surface area contributed by atoms with Gasteiger partial charge >= 0.3 is 0 Å². The smallest absolute Gasteiger partial charge is 0.0679 e. The highest BCUT2D eigenvalue weighted by Gasteiger charge is 2.18. The van der Waals surface area contributed by atoms with Gasteiger partial charge in [0.1, 0.15) is 0 Å². The van der Waals surface area contributed by atoms with Crippen LogP contribution >= 0.6 is 0 Å². The van der Waals surface area contributed by atoms with E-state index in [0.29, 0.717) is 0 Å². The van der Waals surface area contributed by atoms with Crippen LogP contribution in [0.3, 0.4) is 0 Å². The number of β-amino-alcohol motifs (C(OH)–C–C–N with tert-alkyl or cyclic N) is 1. The van der Waals surface area contributed by atoms with Crippen LogP contribution in [0.25, 0.3) is 0 Å². The van der Waals surface area contributed by atoms with Crippen LogP contribution in [0, 0.1) is 0 Å². The maximum atomic E-state index is 9.06. The minimum Gasteiger partial charge on any atom is -0.392 e. The average molecular weight is 130 g/mol. The molecule has 1 atom stereocenters. The molecule has 1 unspecified atom stereocenters. The molecule has 3 nitrogen and oxygen atoms in total. The lowest BCUT2D eigenvalue weighted by Crippen LogP contribution is -2.30. The number of rotatable bonds is 2. The molecule has 1 saturated heterocycles. The van der Waals surface area contributed by atoms with Crippen molar-refractivity contribution in [2.45, 2.75) is 12.5 Å². The van der Waals surface area contributed by atoms with Crippen molar-refractivity contribution in [1.29, 1.82) is 0 Å². The van der Waals surface area contributed by atoms with Gasteiger partial charge in [0.05, 0.1) is 6.10 Å². The van der Waals surface area contributed by atoms with Crippen LogP contribution in [0.4, 0.5) is 0 Å². The Morgan fingerprint density at radius 3 is 3.00 bits per heavy atom. The van der Waals surface area contributed by atoms with Crippen LogP contribution in [0.15, 0.2) is 0 Å². The van der Waals surface area contributed by atoms with Gasteiger partial charge in [-0.3, -0.25) is 4.90 Å². The lowest BCUT2D eigenvalue weighted by Gasteiger charge is -2.12. The van der Waals surface area contributed by atoms with Crippen molar-refractivity contribution in [1.82, 2.24) is 10.2 Å². The predicted octanol–water partition coefficient (Wildman–Crippen LogP) is -0.770. The third-order valence-corrected chi connectivity index (χ3v) is 1.63.